The van der Waals surface area contributed by atoms with Crippen LogP contribution in [0.4, 0.5) is 13.2 Å². The molecule has 0 fully saturated rings. The molecule has 9 heteroatoms. The molecule has 0 bridgehead atoms. The maximum absolute atomic E-state index is 14.7. The van der Waals surface area contributed by atoms with Crippen LogP contribution in [-0.2, 0) is 28.7 Å². The Morgan fingerprint density at radius 3 is 2.40 bits per heavy atom. The van der Waals surface area contributed by atoms with Crippen molar-refractivity contribution in [1.82, 2.24) is 4.57 Å². The van der Waals surface area contributed by atoms with Crippen LogP contribution < -0.4 is 10.3 Å². The highest BCUT2D eigenvalue weighted by Crippen LogP contribution is 2.47. The van der Waals surface area contributed by atoms with Gasteiger partial charge in [-0.05, 0) is 91.3 Å². The standard InChI is InChI=1S/C34H32F3NO5/c1-33(2,3)43-31(32(40)41)30-26(34(35,36)37)14-13-25(29(30)23-11-15-27-22(18-23)10-7-17-42-27)24-12-16-28(39)38(20-24)19-21-8-5-4-6-9-21/h4-6,8-9,11-16,18,20,31H,7,10,17,19H2,1-3H3,(H,40,41). The van der Waals surface area contributed by atoms with Gasteiger partial charge in [-0.15, -0.1) is 0 Å². The van der Waals surface area contributed by atoms with Crippen LogP contribution in [0.2, 0.25) is 0 Å². The third-order valence-electron chi connectivity index (χ3n) is 7.20. The minimum absolute atomic E-state index is 0.0739. The third kappa shape index (κ3) is 6.67. The van der Waals surface area contributed by atoms with Gasteiger partial charge >= 0.3 is 12.1 Å². The van der Waals surface area contributed by atoms with E-state index >= 15 is 0 Å². The van der Waals surface area contributed by atoms with Crippen LogP contribution in [0.5, 0.6) is 5.75 Å². The summed E-state index contributed by atoms with van der Waals surface area (Å²) in [6.45, 7) is 5.56. The molecule has 0 amide bonds. The molecule has 1 unspecified atom stereocenters. The number of aromatic nitrogens is 1. The molecule has 0 spiro atoms. The first-order chi connectivity index (χ1) is 20.3. The largest absolute Gasteiger partial charge is 0.493 e. The summed E-state index contributed by atoms with van der Waals surface area (Å²) in [5.74, 6) is -0.906. The van der Waals surface area contributed by atoms with Gasteiger partial charge in [0.05, 0.1) is 24.3 Å². The molecule has 0 saturated carbocycles. The molecule has 0 aliphatic carbocycles. The average molecular weight is 592 g/mol. The number of nitrogens with zero attached hydrogens (tertiary/aromatic N) is 1. The minimum atomic E-state index is -4.87. The van der Waals surface area contributed by atoms with Gasteiger partial charge in [-0.25, -0.2) is 4.79 Å². The van der Waals surface area contributed by atoms with Crippen LogP contribution in [0.3, 0.4) is 0 Å². The van der Waals surface area contributed by atoms with E-state index in [1.165, 1.54) is 16.7 Å². The summed E-state index contributed by atoms with van der Waals surface area (Å²) in [6, 6.07) is 19.5. The number of hydrogen-bond donors (Lipinski definition) is 1. The molecule has 1 aliphatic heterocycles. The maximum atomic E-state index is 14.7. The summed E-state index contributed by atoms with van der Waals surface area (Å²) in [5, 5.41) is 10.3. The fraction of sp³-hybridized carbons (Fsp3) is 0.294. The van der Waals surface area contributed by atoms with Crippen molar-refractivity contribution in [2.75, 3.05) is 6.61 Å². The van der Waals surface area contributed by atoms with E-state index in [2.05, 4.69) is 0 Å². The number of fused-ring (bicyclic) bond motifs is 1. The normalized spacial score (nSPS) is 14.1. The predicted octanol–water partition coefficient (Wildman–Crippen LogP) is 7.52. The summed E-state index contributed by atoms with van der Waals surface area (Å²) in [5.41, 5.74) is -0.0170. The van der Waals surface area contributed by atoms with Gasteiger partial charge < -0.3 is 19.1 Å². The number of benzene rings is 3. The number of carbonyl (C=O) groups is 1. The van der Waals surface area contributed by atoms with Crippen LogP contribution >= 0.6 is 0 Å². The highest BCUT2D eigenvalue weighted by Gasteiger charge is 2.41. The van der Waals surface area contributed by atoms with Gasteiger partial charge in [-0.2, -0.15) is 13.2 Å². The second kappa shape index (κ2) is 11.7. The second-order valence-corrected chi connectivity index (χ2v) is 11.5. The van der Waals surface area contributed by atoms with Crippen molar-refractivity contribution < 1.29 is 32.5 Å². The molecule has 1 aromatic heterocycles. The number of carboxylic acid groups (broad SMARTS) is 1. The first kappa shape index (κ1) is 30.1. The Morgan fingerprint density at radius 2 is 1.72 bits per heavy atom. The molecule has 1 atom stereocenters. The molecule has 6 nitrogen and oxygen atoms in total. The average Bonchev–Trinajstić information content (AvgIpc) is 2.95. The number of hydrogen-bond acceptors (Lipinski definition) is 4. The summed E-state index contributed by atoms with van der Waals surface area (Å²) in [4.78, 5) is 25.5. The third-order valence-corrected chi connectivity index (χ3v) is 7.20. The molecule has 1 N–H and O–H groups in total. The zero-order valence-electron chi connectivity index (χ0n) is 24.1. The van der Waals surface area contributed by atoms with E-state index in [9.17, 15) is 27.9 Å². The van der Waals surface area contributed by atoms with E-state index in [0.717, 1.165) is 23.6 Å². The van der Waals surface area contributed by atoms with Crippen LogP contribution in [0.25, 0.3) is 22.3 Å². The van der Waals surface area contributed by atoms with E-state index in [1.54, 1.807) is 51.2 Å². The zero-order chi connectivity index (χ0) is 30.9. The Balaban J connectivity index is 1.82. The number of halogens is 3. The Bertz CT molecular complexity index is 1700. The lowest BCUT2D eigenvalue weighted by Gasteiger charge is -2.30. The first-order valence-electron chi connectivity index (χ1n) is 14.0. The first-order valence-corrected chi connectivity index (χ1v) is 14.0. The number of rotatable bonds is 7. The van der Waals surface area contributed by atoms with Crippen molar-refractivity contribution in [1.29, 1.82) is 0 Å². The molecule has 5 rings (SSSR count). The van der Waals surface area contributed by atoms with Crippen LogP contribution in [0, 0.1) is 0 Å². The van der Waals surface area contributed by atoms with Gasteiger partial charge in [0.2, 0.25) is 0 Å². The lowest BCUT2D eigenvalue weighted by molar-refractivity contribution is -0.163. The highest BCUT2D eigenvalue weighted by atomic mass is 19.4. The summed E-state index contributed by atoms with van der Waals surface area (Å²) in [7, 11) is 0. The molecule has 0 saturated heterocycles. The number of carboxylic acids is 1. The fourth-order valence-electron chi connectivity index (χ4n) is 5.39. The Labute approximate surface area is 247 Å². The molecule has 1 aliphatic rings. The van der Waals surface area contributed by atoms with E-state index in [4.69, 9.17) is 9.47 Å². The molecule has 224 valence electrons. The SMILES string of the molecule is CC(C)(C)OC(C(=O)O)c1c(C(F)(F)F)ccc(-c2ccc(=O)n(Cc3ccccc3)c2)c1-c1ccc2c(c1)CCCO2. The fourth-order valence-corrected chi connectivity index (χ4v) is 5.39. The van der Waals surface area contributed by atoms with E-state index in [0.29, 0.717) is 35.5 Å². The number of aliphatic carboxylic acids is 1. The maximum Gasteiger partial charge on any atom is 0.416 e. The Morgan fingerprint density at radius 1 is 1.00 bits per heavy atom. The number of aryl methyl sites for hydroxylation is 1. The Kier molecular flexibility index (Phi) is 8.21. The lowest BCUT2D eigenvalue weighted by atomic mass is 9.84. The van der Waals surface area contributed by atoms with E-state index in [-0.39, 0.29) is 17.7 Å². The van der Waals surface area contributed by atoms with Crippen LogP contribution in [0.1, 0.15) is 55.5 Å². The monoisotopic (exact) mass is 591 g/mol. The minimum Gasteiger partial charge on any atom is -0.493 e. The number of ether oxygens (including phenoxy) is 2. The number of pyridine rings is 1. The number of alkyl halides is 3. The predicted molar refractivity (Wildman–Crippen MR) is 157 cm³/mol. The molecule has 43 heavy (non-hydrogen) atoms. The van der Waals surface area contributed by atoms with Gasteiger partial charge in [0, 0.05) is 17.8 Å². The summed E-state index contributed by atoms with van der Waals surface area (Å²) >= 11 is 0. The van der Waals surface area contributed by atoms with Crippen molar-refractivity contribution in [3.63, 3.8) is 0 Å². The smallest absolute Gasteiger partial charge is 0.416 e. The van der Waals surface area contributed by atoms with Crippen LogP contribution in [-0.4, -0.2) is 27.9 Å². The van der Waals surface area contributed by atoms with E-state index < -0.39 is 35.0 Å². The van der Waals surface area contributed by atoms with Crippen molar-refractivity contribution in [3.8, 4) is 28.0 Å². The molecular formula is C34H32F3NO5. The van der Waals surface area contributed by atoms with Gasteiger partial charge in [0.1, 0.15) is 5.75 Å². The Hall–Kier alpha value is -4.37. The summed E-state index contributed by atoms with van der Waals surface area (Å²) < 4.78 is 57.0. The zero-order valence-corrected chi connectivity index (χ0v) is 24.1. The molecule has 3 aromatic carbocycles. The van der Waals surface area contributed by atoms with Crippen molar-refractivity contribution in [2.45, 2.75) is 58.0 Å². The highest BCUT2D eigenvalue weighted by molar-refractivity contribution is 5.90. The van der Waals surface area contributed by atoms with Crippen molar-refractivity contribution >= 4 is 5.97 Å². The second-order valence-electron chi connectivity index (χ2n) is 11.5. The summed E-state index contributed by atoms with van der Waals surface area (Å²) in [6.07, 6.45) is -3.81. The van der Waals surface area contributed by atoms with Gasteiger partial charge in [0.25, 0.3) is 5.56 Å². The lowest BCUT2D eigenvalue weighted by Crippen LogP contribution is -2.29. The molecule has 4 aromatic rings. The quantitative estimate of drug-likeness (QED) is 0.241. The van der Waals surface area contributed by atoms with Gasteiger partial charge in [-0.3, -0.25) is 4.79 Å². The van der Waals surface area contributed by atoms with Crippen molar-refractivity contribution in [2.24, 2.45) is 0 Å². The van der Waals surface area contributed by atoms with Gasteiger partial charge in [0.15, 0.2) is 6.10 Å². The van der Waals surface area contributed by atoms with Crippen LogP contribution in [0.15, 0.2) is 83.8 Å². The van der Waals surface area contributed by atoms with Crippen molar-refractivity contribution in [3.05, 3.63) is 112 Å². The van der Waals surface area contributed by atoms with E-state index in [1.807, 2.05) is 30.3 Å². The topological polar surface area (TPSA) is 77.8 Å². The van der Waals surface area contributed by atoms with Gasteiger partial charge in [-0.1, -0.05) is 42.5 Å². The molecule has 2 heterocycles. The molecular weight excluding hydrogens is 559 g/mol. The molecule has 0 radical (unpaired) electrons.